The quantitative estimate of drug-likeness (QED) is 0.288. The van der Waals surface area contributed by atoms with Crippen molar-refractivity contribution >= 4 is 41.1 Å². The van der Waals surface area contributed by atoms with E-state index in [4.69, 9.17) is 16.6 Å². The molecule has 0 bridgehead atoms. The molecule has 1 saturated carbocycles. The molecule has 0 spiro atoms. The number of nitrogens with one attached hydrogen (secondary N) is 2. The van der Waals surface area contributed by atoms with Gasteiger partial charge in [0.15, 0.2) is 5.82 Å². The number of carboxylic acids is 1. The zero-order valence-electron chi connectivity index (χ0n) is 23.3. The van der Waals surface area contributed by atoms with E-state index in [0.717, 1.165) is 71.9 Å². The Labute approximate surface area is 240 Å². The van der Waals surface area contributed by atoms with Crippen LogP contribution in [0.5, 0.6) is 0 Å². The van der Waals surface area contributed by atoms with Crippen LogP contribution in [-0.4, -0.2) is 44.5 Å². The number of aliphatic carboxylic acids is 1. The lowest BCUT2D eigenvalue weighted by Gasteiger charge is -2.41. The van der Waals surface area contributed by atoms with E-state index < -0.39 is 11.4 Å². The lowest BCUT2D eigenvalue weighted by Crippen LogP contribution is -2.44. The van der Waals surface area contributed by atoms with Gasteiger partial charge in [0.25, 0.3) is 0 Å². The number of hydrogen-bond acceptors (Lipinski definition) is 5. The Balaban J connectivity index is 1.33. The Kier molecular flexibility index (Phi) is 7.75. The van der Waals surface area contributed by atoms with Gasteiger partial charge in [-0.05, 0) is 62.8 Å². The van der Waals surface area contributed by atoms with Gasteiger partial charge in [-0.1, -0.05) is 42.4 Å². The Hall–Kier alpha value is -3.62. The Morgan fingerprint density at radius 3 is 2.52 bits per heavy atom. The summed E-state index contributed by atoms with van der Waals surface area (Å²) in [6.07, 6.45) is 4.78. The second-order valence-corrected chi connectivity index (χ2v) is 11.6. The molecule has 9 heteroatoms. The molecule has 3 aromatic rings. The highest BCUT2D eigenvalue weighted by atomic mass is 35.5. The van der Waals surface area contributed by atoms with Crippen LogP contribution in [0.15, 0.2) is 43.0 Å². The van der Waals surface area contributed by atoms with E-state index >= 15 is 0 Å². The summed E-state index contributed by atoms with van der Waals surface area (Å²) in [5.74, 6) is 0.0836. The van der Waals surface area contributed by atoms with E-state index in [1.165, 1.54) is 5.69 Å². The summed E-state index contributed by atoms with van der Waals surface area (Å²) in [6.45, 7) is 9.81. The van der Waals surface area contributed by atoms with Crippen LogP contribution >= 0.6 is 11.6 Å². The molecule has 2 aromatic carbocycles. The minimum atomic E-state index is -0.684. The molecular weight excluding hydrogens is 526 g/mol. The summed E-state index contributed by atoms with van der Waals surface area (Å²) in [6, 6.07) is 11.9. The number of rotatable bonds is 8. The van der Waals surface area contributed by atoms with Gasteiger partial charge in [-0.15, -0.1) is 0 Å². The molecule has 5 rings (SSSR count). The fourth-order valence-electron chi connectivity index (χ4n) is 6.15. The Morgan fingerprint density at radius 2 is 1.85 bits per heavy atom. The third-order valence-corrected chi connectivity index (χ3v) is 9.18. The molecule has 0 radical (unpaired) electrons. The minimum Gasteiger partial charge on any atom is -0.481 e. The molecule has 1 aliphatic heterocycles. The highest BCUT2D eigenvalue weighted by Gasteiger charge is 2.40. The largest absolute Gasteiger partial charge is 0.481 e. The smallest absolute Gasteiger partial charge is 0.309 e. The number of anilines is 2. The zero-order valence-corrected chi connectivity index (χ0v) is 24.0. The normalized spacial score (nSPS) is 20.9. The summed E-state index contributed by atoms with van der Waals surface area (Å²) in [7, 11) is 2.02. The van der Waals surface area contributed by atoms with Gasteiger partial charge in [0.2, 0.25) is 6.41 Å². The second kappa shape index (κ2) is 11.1. The summed E-state index contributed by atoms with van der Waals surface area (Å²) in [5, 5.41) is 16.3. The number of amides is 1. The van der Waals surface area contributed by atoms with Gasteiger partial charge in [-0.3, -0.25) is 14.5 Å². The Morgan fingerprint density at radius 1 is 1.18 bits per heavy atom. The second-order valence-electron chi connectivity index (χ2n) is 11.2. The molecule has 0 saturated heterocycles. The standard InChI is InChI=1S/C31H36ClN5O3/c1-19-22(7-5-9-24(19)33-18-38)23-8-6-10-25(28(23)32)34-20(2)29-35-26-17-37(16-13-27(26)36(29)4)21-11-14-31(3,15-12-21)30(39)40/h5-10,18,21,34H,2,11-17H2,1,3-4H3,(H,33,38)(H,39,40). The monoisotopic (exact) mass is 561 g/mol. The molecule has 8 nitrogen and oxygen atoms in total. The fourth-order valence-corrected chi connectivity index (χ4v) is 6.43. The molecule has 1 fully saturated rings. The van der Waals surface area contributed by atoms with Crippen molar-refractivity contribution in [3.8, 4) is 11.1 Å². The van der Waals surface area contributed by atoms with E-state index in [2.05, 4.69) is 26.7 Å². The summed E-state index contributed by atoms with van der Waals surface area (Å²) < 4.78 is 2.11. The average molecular weight is 562 g/mol. The number of carbonyl (C=O) groups is 2. The van der Waals surface area contributed by atoms with Crippen LogP contribution < -0.4 is 10.6 Å². The summed E-state index contributed by atoms with van der Waals surface area (Å²) >= 11 is 6.90. The first-order chi connectivity index (χ1) is 19.1. The van der Waals surface area contributed by atoms with Crippen LogP contribution in [0.25, 0.3) is 16.8 Å². The molecular formula is C31H36ClN5O3. The summed E-state index contributed by atoms with van der Waals surface area (Å²) in [5.41, 5.74) is 6.49. The van der Waals surface area contributed by atoms with Crippen molar-refractivity contribution in [2.24, 2.45) is 12.5 Å². The van der Waals surface area contributed by atoms with Crippen molar-refractivity contribution in [3.63, 3.8) is 0 Å². The molecule has 210 valence electrons. The van der Waals surface area contributed by atoms with Crippen LogP contribution in [0, 0.1) is 12.3 Å². The molecule has 3 N–H and O–H groups in total. The summed E-state index contributed by atoms with van der Waals surface area (Å²) in [4.78, 5) is 30.1. The number of halogens is 1. The SMILES string of the molecule is C=C(Nc1cccc(-c2cccc(NC=O)c2C)c1Cl)c1nc2c(n1C)CCN(C1CCC(C)(C(=O)O)CC1)C2. The highest BCUT2D eigenvalue weighted by molar-refractivity contribution is 6.36. The van der Waals surface area contributed by atoms with Crippen LogP contribution in [0.4, 0.5) is 11.4 Å². The van der Waals surface area contributed by atoms with E-state index in [1.54, 1.807) is 0 Å². The number of carbonyl (C=O) groups excluding carboxylic acids is 1. The van der Waals surface area contributed by atoms with Gasteiger partial charge in [0.05, 0.1) is 27.5 Å². The first kappa shape index (κ1) is 27.9. The van der Waals surface area contributed by atoms with Gasteiger partial charge in [-0.25, -0.2) is 4.98 Å². The van der Waals surface area contributed by atoms with Crippen LogP contribution in [0.1, 0.15) is 55.4 Å². The van der Waals surface area contributed by atoms with Crippen molar-refractivity contribution in [1.29, 1.82) is 0 Å². The number of hydrogen-bond donors (Lipinski definition) is 3. The van der Waals surface area contributed by atoms with Crippen molar-refractivity contribution in [1.82, 2.24) is 14.5 Å². The van der Waals surface area contributed by atoms with Gasteiger partial charge in [-0.2, -0.15) is 0 Å². The fraction of sp³-hybridized carbons (Fsp3) is 0.387. The number of imidazole rings is 1. The van der Waals surface area contributed by atoms with Crippen LogP contribution in [0.2, 0.25) is 5.02 Å². The average Bonchev–Trinajstić information content (AvgIpc) is 3.27. The molecule has 40 heavy (non-hydrogen) atoms. The zero-order chi connectivity index (χ0) is 28.6. The number of carboxylic acid groups (broad SMARTS) is 1. The van der Waals surface area contributed by atoms with Crippen molar-refractivity contribution in [2.75, 3.05) is 17.2 Å². The predicted octanol–water partition coefficient (Wildman–Crippen LogP) is 6.09. The maximum atomic E-state index is 11.7. The number of nitrogens with zero attached hydrogens (tertiary/aromatic N) is 3. The van der Waals surface area contributed by atoms with Crippen molar-refractivity contribution in [2.45, 2.75) is 58.5 Å². The van der Waals surface area contributed by atoms with E-state index in [1.807, 2.05) is 57.3 Å². The van der Waals surface area contributed by atoms with E-state index in [9.17, 15) is 14.7 Å². The molecule has 2 aliphatic rings. The van der Waals surface area contributed by atoms with Crippen LogP contribution in [0.3, 0.4) is 0 Å². The third-order valence-electron chi connectivity index (χ3n) is 8.77. The van der Waals surface area contributed by atoms with E-state index in [-0.39, 0.29) is 0 Å². The van der Waals surface area contributed by atoms with Crippen LogP contribution in [-0.2, 0) is 29.6 Å². The number of aromatic nitrogens is 2. The molecule has 2 heterocycles. The molecule has 0 atom stereocenters. The lowest BCUT2D eigenvalue weighted by molar-refractivity contribution is -0.150. The van der Waals surface area contributed by atoms with Gasteiger partial charge in [0.1, 0.15) is 0 Å². The predicted molar refractivity (Wildman–Crippen MR) is 159 cm³/mol. The lowest BCUT2D eigenvalue weighted by atomic mass is 9.73. The number of fused-ring (bicyclic) bond motifs is 1. The minimum absolute atomic E-state index is 0.387. The van der Waals surface area contributed by atoms with Crippen molar-refractivity contribution in [3.05, 3.63) is 70.8 Å². The molecule has 1 aromatic heterocycles. The van der Waals surface area contributed by atoms with Gasteiger partial charge in [0, 0.05) is 49.5 Å². The first-order valence-corrected chi connectivity index (χ1v) is 14.1. The topological polar surface area (TPSA) is 99.5 Å². The third kappa shape index (κ3) is 5.13. The first-order valence-electron chi connectivity index (χ1n) is 13.7. The maximum Gasteiger partial charge on any atom is 0.309 e. The van der Waals surface area contributed by atoms with Crippen molar-refractivity contribution < 1.29 is 14.7 Å². The number of benzene rings is 2. The van der Waals surface area contributed by atoms with Gasteiger partial charge >= 0.3 is 5.97 Å². The molecule has 1 aliphatic carbocycles. The highest BCUT2D eigenvalue weighted by Crippen LogP contribution is 2.40. The van der Waals surface area contributed by atoms with Gasteiger partial charge < -0.3 is 20.3 Å². The maximum absolute atomic E-state index is 11.7. The molecule has 1 amide bonds. The molecule has 0 unspecified atom stereocenters. The van der Waals surface area contributed by atoms with E-state index in [0.29, 0.717) is 36.0 Å². The Bertz CT molecular complexity index is 1470.